The van der Waals surface area contributed by atoms with E-state index in [-0.39, 0.29) is 22.8 Å². The van der Waals surface area contributed by atoms with Crippen LogP contribution in [0.5, 0.6) is 0 Å². The summed E-state index contributed by atoms with van der Waals surface area (Å²) in [6.45, 7) is 0. The molecule has 2 aliphatic carbocycles. The standard InChI is InChI=1S/C15H15ClFNO3/c16-10-6-9(3-4-11(10)17)18-14(19)12-7-1-2-8(5-7)13(12)15(20)21/h3-4,6-8,12-13H,1-2,5H2,(H,18,19)(H,20,21)/t7-,8-,12-,13-/m0/s1. The van der Waals surface area contributed by atoms with Gasteiger partial charge >= 0.3 is 5.97 Å². The van der Waals surface area contributed by atoms with E-state index in [0.29, 0.717) is 5.69 Å². The van der Waals surface area contributed by atoms with Crippen LogP contribution in [-0.4, -0.2) is 17.0 Å². The van der Waals surface area contributed by atoms with Gasteiger partial charge in [-0.05, 0) is 49.3 Å². The summed E-state index contributed by atoms with van der Waals surface area (Å²) >= 11 is 5.68. The van der Waals surface area contributed by atoms with Crippen LogP contribution in [0.1, 0.15) is 19.3 Å². The molecule has 2 N–H and O–H groups in total. The van der Waals surface area contributed by atoms with Gasteiger partial charge in [0.15, 0.2) is 0 Å². The maximum absolute atomic E-state index is 13.1. The summed E-state index contributed by atoms with van der Waals surface area (Å²) in [7, 11) is 0. The monoisotopic (exact) mass is 311 g/mol. The summed E-state index contributed by atoms with van der Waals surface area (Å²) in [6.07, 6.45) is 2.59. The summed E-state index contributed by atoms with van der Waals surface area (Å²) in [5, 5.41) is 11.9. The molecule has 4 nitrogen and oxygen atoms in total. The summed E-state index contributed by atoms with van der Waals surface area (Å²) in [6, 6.07) is 3.92. The molecule has 1 amide bonds. The fourth-order valence-electron chi connectivity index (χ4n) is 3.82. The zero-order chi connectivity index (χ0) is 15.1. The van der Waals surface area contributed by atoms with Crippen molar-refractivity contribution >= 4 is 29.2 Å². The molecular formula is C15H15ClFNO3. The lowest BCUT2D eigenvalue weighted by Crippen LogP contribution is -2.37. The minimum atomic E-state index is -0.903. The van der Waals surface area contributed by atoms with Crippen LogP contribution in [0.2, 0.25) is 5.02 Å². The van der Waals surface area contributed by atoms with Crippen molar-refractivity contribution in [1.29, 1.82) is 0 Å². The Bertz CT molecular complexity index is 607. The highest BCUT2D eigenvalue weighted by Crippen LogP contribution is 2.52. The Morgan fingerprint density at radius 2 is 1.90 bits per heavy atom. The normalized spacial score (nSPS) is 30.4. The maximum atomic E-state index is 13.1. The van der Waals surface area contributed by atoms with Crippen LogP contribution >= 0.6 is 11.6 Å². The summed E-state index contributed by atoms with van der Waals surface area (Å²) < 4.78 is 13.1. The molecule has 21 heavy (non-hydrogen) atoms. The van der Waals surface area contributed by atoms with Gasteiger partial charge in [0.25, 0.3) is 0 Å². The van der Waals surface area contributed by atoms with E-state index in [1.165, 1.54) is 18.2 Å². The second-order valence-electron chi connectivity index (χ2n) is 5.84. The fraction of sp³-hybridized carbons (Fsp3) is 0.467. The maximum Gasteiger partial charge on any atom is 0.307 e. The number of carboxylic acid groups (broad SMARTS) is 1. The average Bonchev–Trinajstić information content (AvgIpc) is 3.03. The number of rotatable bonds is 3. The zero-order valence-corrected chi connectivity index (χ0v) is 11.9. The Morgan fingerprint density at radius 1 is 1.24 bits per heavy atom. The topological polar surface area (TPSA) is 66.4 Å². The molecule has 0 radical (unpaired) electrons. The van der Waals surface area contributed by atoms with Gasteiger partial charge in [0.1, 0.15) is 5.82 Å². The smallest absolute Gasteiger partial charge is 0.307 e. The van der Waals surface area contributed by atoms with E-state index >= 15 is 0 Å². The first-order valence-electron chi connectivity index (χ1n) is 6.96. The minimum absolute atomic E-state index is 0.0736. The van der Waals surface area contributed by atoms with E-state index in [9.17, 15) is 19.1 Å². The van der Waals surface area contributed by atoms with E-state index in [1.54, 1.807) is 0 Å². The number of halogens is 2. The second kappa shape index (κ2) is 5.30. The van der Waals surface area contributed by atoms with Crippen molar-refractivity contribution in [2.24, 2.45) is 23.7 Å². The van der Waals surface area contributed by atoms with Crippen LogP contribution in [0.15, 0.2) is 18.2 Å². The first-order chi connectivity index (χ1) is 9.97. The third-order valence-electron chi connectivity index (χ3n) is 4.69. The van der Waals surface area contributed by atoms with Crippen molar-refractivity contribution in [1.82, 2.24) is 0 Å². The van der Waals surface area contributed by atoms with Gasteiger partial charge in [-0.1, -0.05) is 11.6 Å². The first-order valence-corrected chi connectivity index (χ1v) is 7.34. The molecule has 2 bridgehead atoms. The van der Waals surface area contributed by atoms with Crippen molar-refractivity contribution in [2.45, 2.75) is 19.3 Å². The van der Waals surface area contributed by atoms with E-state index < -0.39 is 23.6 Å². The number of hydrogen-bond acceptors (Lipinski definition) is 2. The van der Waals surface area contributed by atoms with Crippen LogP contribution in [0.25, 0.3) is 0 Å². The summed E-state index contributed by atoms with van der Waals surface area (Å²) in [4.78, 5) is 23.8. The quantitative estimate of drug-likeness (QED) is 0.901. The number of nitrogens with one attached hydrogen (secondary N) is 1. The van der Waals surface area contributed by atoms with Crippen LogP contribution < -0.4 is 5.32 Å². The highest BCUT2D eigenvalue weighted by atomic mass is 35.5. The third-order valence-corrected chi connectivity index (χ3v) is 4.98. The van der Waals surface area contributed by atoms with Gasteiger partial charge in [0, 0.05) is 5.69 Å². The van der Waals surface area contributed by atoms with E-state index in [4.69, 9.17) is 11.6 Å². The SMILES string of the molecule is O=C(O)[C@H]1[C@H]2CC[C@@H](C2)[C@@H]1C(=O)Nc1ccc(F)c(Cl)c1. The Labute approximate surface area is 126 Å². The van der Waals surface area contributed by atoms with Gasteiger partial charge in [0.05, 0.1) is 16.9 Å². The molecule has 2 fully saturated rings. The molecule has 6 heteroatoms. The number of hydrogen-bond donors (Lipinski definition) is 2. The van der Waals surface area contributed by atoms with Gasteiger partial charge in [-0.3, -0.25) is 9.59 Å². The molecule has 1 aromatic rings. The molecule has 0 aliphatic heterocycles. The number of carbonyl (C=O) groups is 2. The molecule has 112 valence electrons. The van der Waals surface area contributed by atoms with Crippen molar-refractivity contribution in [3.63, 3.8) is 0 Å². The molecule has 1 aromatic carbocycles. The number of fused-ring (bicyclic) bond motifs is 2. The number of carboxylic acids is 1. The number of aliphatic carboxylic acids is 1. The predicted octanol–water partition coefficient (Wildman–Crippen LogP) is 3.16. The fourth-order valence-corrected chi connectivity index (χ4v) is 4.00. The summed E-state index contributed by atoms with van der Waals surface area (Å²) in [5.41, 5.74) is 0.387. The molecule has 3 rings (SSSR count). The molecule has 2 aliphatic rings. The lowest BCUT2D eigenvalue weighted by atomic mass is 9.78. The van der Waals surface area contributed by atoms with Crippen molar-refractivity contribution in [3.05, 3.63) is 29.0 Å². The Kier molecular flexibility index (Phi) is 3.61. The highest BCUT2D eigenvalue weighted by Gasteiger charge is 2.53. The van der Waals surface area contributed by atoms with Gasteiger partial charge in [0.2, 0.25) is 5.91 Å². The van der Waals surface area contributed by atoms with Crippen LogP contribution in [0, 0.1) is 29.5 Å². The molecule has 0 spiro atoms. The Morgan fingerprint density at radius 3 is 2.52 bits per heavy atom. The molecule has 0 aromatic heterocycles. The molecule has 4 atom stereocenters. The number of benzene rings is 1. The van der Waals surface area contributed by atoms with Crippen molar-refractivity contribution < 1.29 is 19.1 Å². The molecule has 0 heterocycles. The minimum Gasteiger partial charge on any atom is -0.481 e. The largest absolute Gasteiger partial charge is 0.481 e. The third kappa shape index (κ3) is 2.50. The van der Waals surface area contributed by atoms with E-state index in [2.05, 4.69) is 5.32 Å². The summed E-state index contributed by atoms with van der Waals surface area (Å²) in [5.74, 6) is -2.66. The first kappa shape index (κ1) is 14.3. The van der Waals surface area contributed by atoms with E-state index in [1.807, 2.05) is 0 Å². The number of anilines is 1. The predicted molar refractivity (Wildman–Crippen MR) is 75.5 cm³/mol. The van der Waals surface area contributed by atoms with Gasteiger partial charge < -0.3 is 10.4 Å². The number of carbonyl (C=O) groups excluding carboxylic acids is 1. The zero-order valence-electron chi connectivity index (χ0n) is 11.2. The highest BCUT2D eigenvalue weighted by molar-refractivity contribution is 6.31. The lowest BCUT2D eigenvalue weighted by molar-refractivity contribution is -0.148. The van der Waals surface area contributed by atoms with Gasteiger partial charge in [-0.25, -0.2) is 4.39 Å². The molecule has 0 unspecified atom stereocenters. The molecular weight excluding hydrogens is 297 g/mol. The van der Waals surface area contributed by atoms with E-state index in [0.717, 1.165) is 19.3 Å². The van der Waals surface area contributed by atoms with Crippen molar-refractivity contribution in [3.8, 4) is 0 Å². The molecule has 0 saturated heterocycles. The Hall–Kier alpha value is -1.62. The van der Waals surface area contributed by atoms with Crippen molar-refractivity contribution in [2.75, 3.05) is 5.32 Å². The average molecular weight is 312 g/mol. The number of amides is 1. The molecule has 2 saturated carbocycles. The van der Waals surface area contributed by atoms with Crippen LogP contribution in [0.3, 0.4) is 0 Å². The van der Waals surface area contributed by atoms with Crippen LogP contribution in [0.4, 0.5) is 10.1 Å². The second-order valence-corrected chi connectivity index (χ2v) is 6.25. The van der Waals surface area contributed by atoms with Gasteiger partial charge in [-0.15, -0.1) is 0 Å². The lowest BCUT2D eigenvalue weighted by Gasteiger charge is -2.27. The van der Waals surface area contributed by atoms with Gasteiger partial charge in [-0.2, -0.15) is 0 Å². The van der Waals surface area contributed by atoms with Crippen LogP contribution in [-0.2, 0) is 9.59 Å². The Balaban J connectivity index is 1.78.